The third-order valence-corrected chi connectivity index (χ3v) is 4.67. The van der Waals surface area contributed by atoms with Crippen LogP contribution < -0.4 is 5.32 Å². The summed E-state index contributed by atoms with van der Waals surface area (Å²) in [6.45, 7) is 2.95. The second-order valence-electron chi connectivity index (χ2n) is 6.78. The molecule has 0 fully saturated rings. The number of nitrogens with one attached hydrogen (secondary N) is 1. The summed E-state index contributed by atoms with van der Waals surface area (Å²) in [5.74, 6) is 0.538. The molecule has 6 nitrogen and oxygen atoms in total. The molecule has 0 saturated carbocycles. The molecule has 140 valence electrons. The topological polar surface area (TPSA) is 63.1 Å². The average molecular weight is 363 g/mol. The number of pyridine rings is 1. The molecule has 1 amide bonds. The van der Waals surface area contributed by atoms with Crippen LogP contribution in [0.1, 0.15) is 28.5 Å². The monoisotopic (exact) mass is 363 g/mol. The molecule has 0 aliphatic carbocycles. The number of anilines is 1. The lowest BCUT2D eigenvalue weighted by atomic mass is 10.1. The number of nitrogens with zero attached hydrogens (tertiary/aromatic N) is 4. The number of likely N-dealkylation sites (N-methyl/N-ethyl adjacent to an activating group) is 1. The van der Waals surface area contributed by atoms with E-state index in [0.29, 0.717) is 17.4 Å². The highest BCUT2D eigenvalue weighted by Gasteiger charge is 2.13. The highest BCUT2D eigenvalue weighted by atomic mass is 16.1. The molecule has 3 rings (SSSR count). The Hall–Kier alpha value is -2.99. The van der Waals surface area contributed by atoms with Crippen LogP contribution in [0.15, 0.2) is 60.9 Å². The SMILES string of the molecule is CC(Cc1ccccn1)N(C)Cc1cccc(C(=O)Nc2ccnn2C)c1. The fourth-order valence-electron chi connectivity index (χ4n) is 2.92. The molecule has 27 heavy (non-hydrogen) atoms. The molecular weight excluding hydrogens is 338 g/mol. The number of aromatic nitrogens is 3. The van der Waals surface area contributed by atoms with Gasteiger partial charge in [0.05, 0.1) is 6.20 Å². The molecule has 1 N–H and O–H groups in total. The number of benzene rings is 1. The maximum atomic E-state index is 12.5. The van der Waals surface area contributed by atoms with Gasteiger partial charge < -0.3 is 5.32 Å². The first-order valence-electron chi connectivity index (χ1n) is 9.01. The predicted octanol–water partition coefficient (Wildman–Crippen LogP) is 3.13. The number of aryl methyl sites for hydroxylation is 1. The molecule has 6 heteroatoms. The summed E-state index contributed by atoms with van der Waals surface area (Å²) in [5, 5.41) is 6.95. The van der Waals surface area contributed by atoms with Gasteiger partial charge in [0.15, 0.2) is 0 Å². The first-order chi connectivity index (χ1) is 13.0. The number of amides is 1. The van der Waals surface area contributed by atoms with Gasteiger partial charge in [-0.3, -0.25) is 19.4 Å². The van der Waals surface area contributed by atoms with Crippen LogP contribution in [0, 0.1) is 0 Å². The maximum absolute atomic E-state index is 12.5. The van der Waals surface area contributed by atoms with Crippen LogP contribution in [0.5, 0.6) is 0 Å². The minimum Gasteiger partial charge on any atom is -0.307 e. The van der Waals surface area contributed by atoms with Crippen molar-refractivity contribution in [1.29, 1.82) is 0 Å². The zero-order chi connectivity index (χ0) is 19.2. The summed E-state index contributed by atoms with van der Waals surface area (Å²) in [6, 6.07) is 15.8. The Balaban J connectivity index is 1.62. The molecule has 0 spiro atoms. The van der Waals surface area contributed by atoms with Crippen LogP contribution in [0.4, 0.5) is 5.82 Å². The van der Waals surface area contributed by atoms with Gasteiger partial charge in [-0.15, -0.1) is 0 Å². The Labute approximate surface area is 159 Å². The molecule has 2 aromatic heterocycles. The lowest BCUT2D eigenvalue weighted by molar-refractivity contribution is 0.102. The normalized spacial score (nSPS) is 12.1. The lowest BCUT2D eigenvalue weighted by Crippen LogP contribution is -2.30. The fourth-order valence-corrected chi connectivity index (χ4v) is 2.92. The van der Waals surface area contributed by atoms with Crippen LogP contribution in [0.25, 0.3) is 0 Å². The highest BCUT2D eigenvalue weighted by Crippen LogP contribution is 2.13. The molecule has 0 aliphatic rings. The van der Waals surface area contributed by atoms with Gasteiger partial charge in [0.25, 0.3) is 5.91 Å². The van der Waals surface area contributed by atoms with Crippen LogP contribution in [0.2, 0.25) is 0 Å². The molecule has 2 heterocycles. The van der Waals surface area contributed by atoms with E-state index in [4.69, 9.17) is 0 Å². The van der Waals surface area contributed by atoms with Crippen molar-refractivity contribution < 1.29 is 4.79 Å². The number of carbonyl (C=O) groups is 1. The molecule has 1 unspecified atom stereocenters. The second-order valence-corrected chi connectivity index (χ2v) is 6.78. The van der Waals surface area contributed by atoms with Gasteiger partial charge in [-0.25, -0.2) is 0 Å². The van der Waals surface area contributed by atoms with E-state index in [1.165, 1.54) is 0 Å². The summed E-state index contributed by atoms with van der Waals surface area (Å²) in [6.07, 6.45) is 4.37. The van der Waals surface area contributed by atoms with Crippen molar-refractivity contribution in [1.82, 2.24) is 19.7 Å². The second kappa shape index (κ2) is 8.60. The third kappa shape index (κ3) is 5.01. The van der Waals surface area contributed by atoms with Crippen molar-refractivity contribution in [3.63, 3.8) is 0 Å². The molecule has 0 saturated heterocycles. The maximum Gasteiger partial charge on any atom is 0.256 e. The number of rotatable bonds is 7. The summed E-state index contributed by atoms with van der Waals surface area (Å²) in [4.78, 5) is 19.2. The van der Waals surface area contributed by atoms with Crippen molar-refractivity contribution in [3.05, 3.63) is 77.7 Å². The van der Waals surface area contributed by atoms with Crippen LogP contribution in [-0.4, -0.2) is 38.7 Å². The van der Waals surface area contributed by atoms with Crippen molar-refractivity contribution in [2.75, 3.05) is 12.4 Å². The van der Waals surface area contributed by atoms with Crippen molar-refractivity contribution in [2.24, 2.45) is 7.05 Å². The predicted molar refractivity (Wildman–Crippen MR) is 106 cm³/mol. The quantitative estimate of drug-likeness (QED) is 0.700. The molecule has 0 aliphatic heterocycles. The van der Waals surface area contributed by atoms with E-state index in [-0.39, 0.29) is 5.91 Å². The van der Waals surface area contributed by atoms with Gasteiger partial charge in [0.1, 0.15) is 5.82 Å². The van der Waals surface area contributed by atoms with Gasteiger partial charge in [-0.2, -0.15) is 5.10 Å². The van der Waals surface area contributed by atoms with E-state index in [1.807, 2.05) is 48.7 Å². The molecular formula is C21H25N5O. The summed E-state index contributed by atoms with van der Waals surface area (Å²) < 4.78 is 1.63. The summed E-state index contributed by atoms with van der Waals surface area (Å²) in [5.41, 5.74) is 2.82. The van der Waals surface area contributed by atoms with E-state index in [0.717, 1.165) is 24.2 Å². The zero-order valence-corrected chi connectivity index (χ0v) is 16.0. The van der Waals surface area contributed by atoms with Crippen LogP contribution in [0.3, 0.4) is 0 Å². The van der Waals surface area contributed by atoms with Gasteiger partial charge in [0, 0.05) is 49.6 Å². The Morgan fingerprint density at radius 3 is 2.74 bits per heavy atom. The fraction of sp³-hybridized carbons (Fsp3) is 0.286. The van der Waals surface area contributed by atoms with Gasteiger partial charge in [-0.1, -0.05) is 18.2 Å². The molecule has 0 radical (unpaired) electrons. The Morgan fingerprint density at radius 1 is 1.19 bits per heavy atom. The summed E-state index contributed by atoms with van der Waals surface area (Å²) >= 11 is 0. The zero-order valence-electron chi connectivity index (χ0n) is 16.0. The van der Waals surface area contributed by atoms with E-state index < -0.39 is 0 Å². The van der Waals surface area contributed by atoms with Crippen molar-refractivity contribution in [2.45, 2.75) is 25.9 Å². The minimum absolute atomic E-state index is 0.135. The van der Waals surface area contributed by atoms with Crippen molar-refractivity contribution in [3.8, 4) is 0 Å². The van der Waals surface area contributed by atoms with Gasteiger partial charge >= 0.3 is 0 Å². The minimum atomic E-state index is -0.135. The van der Waals surface area contributed by atoms with Gasteiger partial charge in [-0.05, 0) is 43.8 Å². The Morgan fingerprint density at radius 2 is 2.04 bits per heavy atom. The molecule has 0 bridgehead atoms. The van der Waals surface area contributed by atoms with Crippen LogP contribution in [-0.2, 0) is 20.0 Å². The number of hydrogen-bond acceptors (Lipinski definition) is 4. The Bertz CT molecular complexity index is 890. The summed E-state index contributed by atoms with van der Waals surface area (Å²) in [7, 11) is 3.89. The number of carbonyl (C=O) groups excluding carboxylic acids is 1. The first kappa shape index (κ1) is 18.8. The molecule has 1 aromatic carbocycles. The van der Waals surface area contributed by atoms with Crippen molar-refractivity contribution >= 4 is 11.7 Å². The van der Waals surface area contributed by atoms with E-state index >= 15 is 0 Å². The smallest absolute Gasteiger partial charge is 0.256 e. The van der Waals surface area contributed by atoms with Gasteiger partial charge in [0.2, 0.25) is 0 Å². The standard InChI is InChI=1S/C21H25N5O/c1-16(13-19-9-4-5-11-22-19)25(2)15-17-7-6-8-18(14-17)21(27)24-20-10-12-23-26(20)3/h4-12,14,16H,13,15H2,1-3H3,(H,24,27). The number of hydrogen-bond donors (Lipinski definition) is 1. The third-order valence-electron chi connectivity index (χ3n) is 4.67. The average Bonchev–Trinajstić information content (AvgIpc) is 3.07. The van der Waals surface area contributed by atoms with Crippen LogP contribution >= 0.6 is 0 Å². The lowest BCUT2D eigenvalue weighted by Gasteiger charge is -2.24. The highest BCUT2D eigenvalue weighted by molar-refractivity contribution is 6.03. The first-order valence-corrected chi connectivity index (χ1v) is 9.01. The van der Waals surface area contributed by atoms with E-state index in [9.17, 15) is 4.79 Å². The molecule has 3 aromatic rings. The van der Waals surface area contributed by atoms with E-state index in [1.54, 1.807) is 24.0 Å². The largest absolute Gasteiger partial charge is 0.307 e. The van der Waals surface area contributed by atoms with E-state index in [2.05, 4.69) is 34.3 Å². The Kier molecular flexibility index (Phi) is 5.98. The molecule has 1 atom stereocenters.